The molecule has 0 aromatic heterocycles. The van der Waals surface area contributed by atoms with Crippen molar-refractivity contribution in [3.05, 3.63) is 89.5 Å². The van der Waals surface area contributed by atoms with E-state index < -0.39 is 12.4 Å². The van der Waals surface area contributed by atoms with Crippen molar-refractivity contribution in [2.45, 2.75) is 13.3 Å². The first-order valence-electron chi connectivity index (χ1n) is 9.42. The Hall–Kier alpha value is -4.13. The van der Waals surface area contributed by atoms with Gasteiger partial charge in [0.15, 0.2) is 5.78 Å². The van der Waals surface area contributed by atoms with Crippen LogP contribution in [0.1, 0.15) is 32.7 Å². The molecule has 0 saturated heterocycles. The molecule has 0 aliphatic carbocycles. The standard InChI is InChI=1S/C15H16N2O2.C9H8O3/c1-10-8-12(16)14(19-2)9-13(10)17-15(18)11-6-4-3-5-7-11;10-8(6-9(11)12)7-4-2-1-3-5-7/h3-9H,16H2,1-2H3,(H,17,18);1-5H,6H2,(H,11,12). The van der Waals surface area contributed by atoms with Crippen LogP contribution < -0.4 is 15.8 Å². The fourth-order valence-corrected chi connectivity index (χ4v) is 2.67. The number of nitrogens with two attached hydrogens (primary N) is 1. The predicted molar refractivity (Wildman–Crippen MR) is 120 cm³/mol. The van der Waals surface area contributed by atoms with E-state index in [1.54, 1.807) is 61.7 Å². The molecule has 0 bridgehead atoms. The number of Topliss-reactive ketones (excluding diaryl/α,β-unsaturated/α-hetero) is 1. The van der Waals surface area contributed by atoms with Crippen LogP contribution in [0.25, 0.3) is 0 Å². The number of aliphatic carboxylic acids is 1. The van der Waals surface area contributed by atoms with Gasteiger partial charge >= 0.3 is 5.97 Å². The Kier molecular flexibility index (Phi) is 8.33. The molecule has 3 rings (SSSR count). The second kappa shape index (κ2) is 11.2. The van der Waals surface area contributed by atoms with E-state index in [-0.39, 0.29) is 11.7 Å². The van der Waals surface area contributed by atoms with Gasteiger partial charge in [-0.1, -0.05) is 48.5 Å². The Morgan fingerprint density at radius 2 is 1.48 bits per heavy atom. The van der Waals surface area contributed by atoms with Crippen LogP contribution in [0.15, 0.2) is 72.8 Å². The normalized spacial score (nSPS) is 9.74. The van der Waals surface area contributed by atoms with Crippen molar-refractivity contribution in [2.75, 3.05) is 18.2 Å². The van der Waals surface area contributed by atoms with Gasteiger partial charge < -0.3 is 20.9 Å². The Morgan fingerprint density at radius 1 is 0.935 bits per heavy atom. The minimum absolute atomic E-state index is 0.157. The zero-order chi connectivity index (χ0) is 22.8. The maximum absolute atomic E-state index is 12.1. The van der Waals surface area contributed by atoms with Gasteiger partial charge in [0, 0.05) is 22.9 Å². The van der Waals surface area contributed by atoms with E-state index in [0.29, 0.717) is 28.3 Å². The zero-order valence-corrected chi connectivity index (χ0v) is 17.3. The molecule has 31 heavy (non-hydrogen) atoms. The largest absolute Gasteiger partial charge is 0.495 e. The number of anilines is 2. The highest BCUT2D eigenvalue weighted by Crippen LogP contribution is 2.29. The van der Waals surface area contributed by atoms with Crippen molar-refractivity contribution in [3.8, 4) is 5.75 Å². The van der Waals surface area contributed by atoms with Crippen LogP contribution in [0, 0.1) is 6.92 Å². The van der Waals surface area contributed by atoms with Crippen LogP contribution in [0.4, 0.5) is 11.4 Å². The number of hydrogen-bond donors (Lipinski definition) is 3. The minimum Gasteiger partial charge on any atom is -0.495 e. The van der Waals surface area contributed by atoms with Crippen LogP contribution in [-0.4, -0.2) is 29.9 Å². The fraction of sp³-hybridized carbons (Fsp3) is 0.125. The van der Waals surface area contributed by atoms with E-state index in [4.69, 9.17) is 15.6 Å². The highest BCUT2D eigenvalue weighted by atomic mass is 16.5. The third-order valence-electron chi connectivity index (χ3n) is 4.27. The van der Waals surface area contributed by atoms with E-state index in [1.165, 1.54) is 0 Å². The molecular weight excluding hydrogens is 396 g/mol. The summed E-state index contributed by atoms with van der Waals surface area (Å²) in [7, 11) is 1.55. The number of hydrogen-bond acceptors (Lipinski definition) is 5. The van der Waals surface area contributed by atoms with Gasteiger partial charge in [0.2, 0.25) is 0 Å². The third-order valence-corrected chi connectivity index (χ3v) is 4.27. The first-order valence-corrected chi connectivity index (χ1v) is 9.42. The molecule has 0 aliphatic heterocycles. The molecule has 7 nitrogen and oxygen atoms in total. The van der Waals surface area contributed by atoms with E-state index in [0.717, 1.165) is 5.56 Å². The molecule has 0 spiro atoms. The van der Waals surface area contributed by atoms with Gasteiger partial charge in [-0.05, 0) is 30.7 Å². The molecular formula is C24H24N2O5. The molecule has 0 saturated carbocycles. The summed E-state index contributed by atoms with van der Waals surface area (Å²) in [6, 6.07) is 20.9. The number of rotatable bonds is 6. The Balaban J connectivity index is 0.000000245. The second-order valence-electron chi connectivity index (χ2n) is 6.59. The molecule has 0 unspecified atom stereocenters. The number of nitrogen functional groups attached to an aromatic ring is 1. The number of ether oxygens (including phenoxy) is 1. The summed E-state index contributed by atoms with van der Waals surface area (Å²) in [4.78, 5) is 33.3. The first-order chi connectivity index (χ1) is 14.8. The molecule has 3 aromatic rings. The summed E-state index contributed by atoms with van der Waals surface area (Å²) in [5.41, 5.74) is 9.00. The third kappa shape index (κ3) is 7.01. The van der Waals surface area contributed by atoms with Gasteiger partial charge in [-0.15, -0.1) is 0 Å². The lowest BCUT2D eigenvalue weighted by molar-refractivity contribution is -0.135. The molecule has 0 fully saturated rings. The predicted octanol–water partition coefficient (Wildman–Crippen LogP) is 4.18. The van der Waals surface area contributed by atoms with Gasteiger partial charge in [0.25, 0.3) is 5.91 Å². The van der Waals surface area contributed by atoms with Gasteiger partial charge in [0.05, 0.1) is 12.8 Å². The van der Waals surface area contributed by atoms with Crippen molar-refractivity contribution in [1.82, 2.24) is 0 Å². The molecule has 0 radical (unpaired) electrons. The highest BCUT2D eigenvalue weighted by Gasteiger charge is 2.10. The molecule has 1 amide bonds. The number of amides is 1. The maximum Gasteiger partial charge on any atom is 0.311 e. The van der Waals surface area contributed by atoms with E-state index in [9.17, 15) is 14.4 Å². The number of carboxylic acid groups (broad SMARTS) is 1. The lowest BCUT2D eigenvalue weighted by atomic mass is 10.1. The van der Waals surface area contributed by atoms with Crippen LogP contribution in [-0.2, 0) is 4.79 Å². The molecule has 0 aliphatic rings. The number of aryl methyl sites for hydroxylation is 1. The lowest BCUT2D eigenvalue weighted by Crippen LogP contribution is -2.13. The number of carboxylic acids is 1. The van der Waals surface area contributed by atoms with E-state index in [2.05, 4.69) is 5.32 Å². The molecule has 0 heterocycles. The summed E-state index contributed by atoms with van der Waals surface area (Å²) in [6.45, 7) is 1.89. The molecule has 3 aromatic carbocycles. The summed E-state index contributed by atoms with van der Waals surface area (Å²) >= 11 is 0. The quantitative estimate of drug-likeness (QED) is 0.313. The maximum atomic E-state index is 12.1. The molecule has 0 atom stereocenters. The Labute approximate surface area is 180 Å². The average Bonchev–Trinajstić information content (AvgIpc) is 2.77. The number of carbonyl (C=O) groups excluding carboxylic acids is 2. The summed E-state index contributed by atoms with van der Waals surface area (Å²) < 4.78 is 5.15. The van der Waals surface area contributed by atoms with Gasteiger partial charge in [0.1, 0.15) is 12.2 Å². The smallest absolute Gasteiger partial charge is 0.311 e. The summed E-state index contributed by atoms with van der Waals surface area (Å²) in [5, 5.41) is 11.2. The average molecular weight is 420 g/mol. The number of benzene rings is 3. The van der Waals surface area contributed by atoms with Crippen molar-refractivity contribution < 1.29 is 24.2 Å². The lowest BCUT2D eigenvalue weighted by Gasteiger charge is -2.12. The zero-order valence-electron chi connectivity index (χ0n) is 17.3. The van der Waals surface area contributed by atoms with Crippen LogP contribution in [0.5, 0.6) is 5.75 Å². The Morgan fingerprint density at radius 3 is 2.00 bits per heavy atom. The molecule has 4 N–H and O–H groups in total. The SMILES string of the molecule is COc1cc(NC(=O)c2ccccc2)c(C)cc1N.O=C(O)CC(=O)c1ccccc1. The fourth-order valence-electron chi connectivity index (χ4n) is 2.67. The van der Waals surface area contributed by atoms with Gasteiger partial charge in [-0.2, -0.15) is 0 Å². The molecule has 160 valence electrons. The molecule has 7 heteroatoms. The number of methoxy groups -OCH3 is 1. The number of ketones is 1. The van der Waals surface area contributed by atoms with Crippen molar-refractivity contribution >= 4 is 29.0 Å². The van der Waals surface area contributed by atoms with Crippen LogP contribution >= 0.6 is 0 Å². The van der Waals surface area contributed by atoms with Gasteiger partial charge in [-0.25, -0.2) is 0 Å². The minimum atomic E-state index is -1.09. The first kappa shape index (κ1) is 23.2. The monoisotopic (exact) mass is 420 g/mol. The van der Waals surface area contributed by atoms with Crippen LogP contribution in [0.2, 0.25) is 0 Å². The topological polar surface area (TPSA) is 119 Å². The van der Waals surface area contributed by atoms with Gasteiger partial charge in [-0.3, -0.25) is 14.4 Å². The highest BCUT2D eigenvalue weighted by molar-refractivity contribution is 6.05. The second-order valence-corrected chi connectivity index (χ2v) is 6.59. The summed E-state index contributed by atoms with van der Waals surface area (Å²) in [5.74, 6) is -1.06. The van der Waals surface area contributed by atoms with Crippen molar-refractivity contribution in [1.29, 1.82) is 0 Å². The Bertz CT molecular complexity index is 1050. The number of carbonyl (C=O) groups is 3. The van der Waals surface area contributed by atoms with E-state index in [1.807, 2.05) is 25.1 Å². The van der Waals surface area contributed by atoms with Crippen LogP contribution in [0.3, 0.4) is 0 Å². The van der Waals surface area contributed by atoms with E-state index >= 15 is 0 Å². The summed E-state index contributed by atoms with van der Waals surface area (Å²) in [6.07, 6.45) is -0.440. The van der Waals surface area contributed by atoms with Crippen molar-refractivity contribution in [3.63, 3.8) is 0 Å². The number of nitrogens with one attached hydrogen (secondary N) is 1. The van der Waals surface area contributed by atoms with Crippen molar-refractivity contribution in [2.24, 2.45) is 0 Å².